The van der Waals surface area contributed by atoms with E-state index in [1.165, 1.54) is 5.56 Å². The van der Waals surface area contributed by atoms with Crippen molar-refractivity contribution < 1.29 is 0 Å². The molecule has 2 nitrogen and oxygen atoms in total. The van der Waals surface area contributed by atoms with Crippen molar-refractivity contribution >= 4 is 0 Å². The molecule has 0 amide bonds. The Labute approximate surface area is 119 Å². The largest absolute Gasteiger partial charge is 0.330 e. The molecule has 20 heavy (non-hydrogen) atoms. The molecule has 3 aromatic rings. The van der Waals surface area contributed by atoms with Crippen LogP contribution in [0.1, 0.15) is 12.7 Å². The maximum Gasteiger partial charge on any atom is 0.113 e. The highest BCUT2D eigenvalue weighted by Crippen LogP contribution is 2.32. The molecule has 3 rings (SSSR count). The molecule has 0 fully saturated rings. The van der Waals surface area contributed by atoms with E-state index in [9.17, 15) is 0 Å². The number of imidazole rings is 1. The zero-order chi connectivity index (χ0) is 13.9. The van der Waals surface area contributed by atoms with Crippen LogP contribution in [0.25, 0.3) is 22.5 Å². The van der Waals surface area contributed by atoms with Gasteiger partial charge in [-0.05, 0) is 0 Å². The molecule has 1 radical (unpaired) electrons. The molecule has 0 saturated heterocycles. The van der Waals surface area contributed by atoms with Gasteiger partial charge in [0, 0.05) is 24.6 Å². The number of hydrogen-bond acceptors (Lipinski definition) is 1. The molecule has 0 aliphatic heterocycles. The molecular weight excluding hydrogens is 244 g/mol. The highest BCUT2D eigenvalue weighted by molar-refractivity contribution is 5.79. The summed E-state index contributed by atoms with van der Waals surface area (Å²) in [5, 5.41) is 0. The lowest BCUT2D eigenvalue weighted by Crippen LogP contribution is -1.96. The molecular formula is C18H17N2. The van der Waals surface area contributed by atoms with Crippen LogP contribution < -0.4 is 0 Å². The van der Waals surface area contributed by atoms with Crippen molar-refractivity contribution in [3.05, 3.63) is 72.9 Å². The Morgan fingerprint density at radius 3 is 1.95 bits per heavy atom. The summed E-state index contributed by atoms with van der Waals surface area (Å²) in [7, 11) is 2.07. The molecule has 0 unspecified atom stereocenters. The smallest absolute Gasteiger partial charge is 0.113 e. The van der Waals surface area contributed by atoms with Crippen LogP contribution in [0.4, 0.5) is 0 Å². The van der Waals surface area contributed by atoms with Crippen molar-refractivity contribution in [3.63, 3.8) is 0 Å². The first-order chi connectivity index (χ1) is 9.81. The second kappa shape index (κ2) is 5.33. The fraction of sp³-hybridized carbons (Fsp3) is 0.111. The highest BCUT2D eigenvalue weighted by Gasteiger charge is 2.16. The van der Waals surface area contributed by atoms with Gasteiger partial charge in [0.1, 0.15) is 5.82 Å². The fourth-order valence-corrected chi connectivity index (χ4v) is 2.50. The van der Waals surface area contributed by atoms with E-state index >= 15 is 0 Å². The van der Waals surface area contributed by atoms with Gasteiger partial charge in [-0.15, -0.1) is 0 Å². The van der Waals surface area contributed by atoms with Crippen LogP contribution in [0.5, 0.6) is 0 Å². The van der Waals surface area contributed by atoms with E-state index in [4.69, 9.17) is 4.98 Å². The highest BCUT2D eigenvalue weighted by atomic mass is 15.1. The van der Waals surface area contributed by atoms with E-state index in [-0.39, 0.29) is 0 Å². The first-order valence-electron chi connectivity index (χ1n) is 6.78. The van der Waals surface area contributed by atoms with Gasteiger partial charge in [-0.1, -0.05) is 67.6 Å². The third-order valence-electron chi connectivity index (χ3n) is 3.48. The maximum absolute atomic E-state index is 4.78. The lowest BCUT2D eigenvalue weighted by Gasteiger charge is -2.07. The molecule has 1 heterocycles. The number of benzene rings is 2. The van der Waals surface area contributed by atoms with Gasteiger partial charge < -0.3 is 4.57 Å². The van der Waals surface area contributed by atoms with Crippen molar-refractivity contribution in [2.45, 2.75) is 6.92 Å². The summed E-state index contributed by atoms with van der Waals surface area (Å²) in [6.45, 7) is 2.02. The van der Waals surface area contributed by atoms with Crippen molar-refractivity contribution in [3.8, 4) is 22.5 Å². The lowest BCUT2D eigenvalue weighted by molar-refractivity contribution is 0.873. The first kappa shape index (κ1) is 12.7. The summed E-state index contributed by atoms with van der Waals surface area (Å²) < 4.78 is 2.15. The van der Waals surface area contributed by atoms with Gasteiger partial charge in [0.15, 0.2) is 0 Å². The van der Waals surface area contributed by atoms with Gasteiger partial charge in [-0.3, -0.25) is 0 Å². The Bertz CT molecular complexity index is 697. The standard InChI is InChI=1S/C18H17N2/c1-3-16-19-17(14-10-6-4-7-11-14)18(20(16)2)15-12-8-5-9-13-15/h3-13H,1-2H3. The molecule has 2 heteroatoms. The van der Waals surface area contributed by atoms with Crippen LogP contribution in [-0.2, 0) is 7.05 Å². The van der Waals surface area contributed by atoms with Crippen LogP contribution in [-0.4, -0.2) is 9.55 Å². The van der Waals surface area contributed by atoms with E-state index in [1.54, 1.807) is 0 Å². The molecule has 0 saturated carbocycles. The zero-order valence-electron chi connectivity index (χ0n) is 11.7. The summed E-state index contributed by atoms with van der Waals surface area (Å²) in [5.41, 5.74) is 4.53. The van der Waals surface area contributed by atoms with Crippen molar-refractivity contribution in [2.24, 2.45) is 7.05 Å². The van der Waals surface area contributed by atoms with Gasteiger partial charge in [0.25, 0.3) is 0 Å². The van der Waals surface area contributed by atoms with E-state index in [0.717, 1.165) is 22.8 Å². The molecule has 0 atom stereocenters. The predicted octanol–water partition coefficient (Wildman–Crippen LogP) is 4.33. The summed E-state index contributed by atoms with van der Waals surface area (Å²) in [6.07, 6.45) is 2.04. The molecule has 1 aromatic heterocycles. The minimum Gasteiger partial charge on any atom is -0.330 e. The maximum atomic E-state index is 4.78. The molecule has 0 bridgehead atoms. The normalized spacial score (nSPS) is 10.7. The van der Waals surface area contributed by atoms with Crippen molar-refractivity contribution in [1.29, 1.82) is 0 Å². The second-order valence-electron chi connectivity index (χ2n) is 4.75. The first-order valence-corrected chi connectivity index (χ1v) is 6.78. The minimum absolute atomic E-state index is 0.989. The molecule has 2 aromatic carbocycles. The molecule has 0 aliphatic rings. The quantitative estimate of drug-likeness (QED) is 0.686. The predicted molar refractivity (Wildman–Crippen MR) is 83.2 cm³/mol. The van der Waals surface area contributed by atoms with Crippen molar-refractivity contribution in [2.75, 3.05) is 0 Å². The Hall–Kier alpha value is -2.35. The van der Waals surface area contributed by atoms with Gasteiger partial charge in [0.05, 0.1) is 11.4 Å². The van der Waals surface area contributed by atoms with E-state index in [0.29, 0.717) is 0 Å². The van der Waals surface area contributed by atoms with Crippen LogP contribution in [0, 0.1) is 6.42 Å². The lowest BCUT2D eigenvalue weighted by atomic mass is 10.1. The second-order valence-corrected chi connectivity index (χ2v) is 4.75. The Morgan fingerprint density at radius 2 is 1.40 bits per heavy atom. The Kier molecular flexibility index (Phi) is 3.38. The number of rotatable bonds is 3. The third-order valence-corrected chi connectivity index (χ3v) is 3.48. The Balaban J connectivity index is 2.25. The number of hydrogen-bond donors (Lipinski definition) is 0. The Morgan fingerprint density at radius 1 is 0.850 bits per heavy atom. The summed E-state index contributed by atoms with van der Waals surface area (Å²) >= 11 is 0. The van der Waals surface area contributed by atoms with Gasteiger partial charge >= 0.3 is 0 Å². The van der Waals surface area contributed by atoms with Gasteiger partial charge in [0.2, 0.25) is 0 Å². The van der Waals surface area contributed by atoms with Crippen LogP contribution in [0.2, 0.25) is 0 Å². The molecule has 0 aliphatic carbocycles. The average molecular weight is 261 g/mol. The summed E-state index contributed by atoms with van der Waals surface area (Å²) in [5.74, 6) is 0.989. The average Bonchev–Trinajstić information content (AvgIpc) is 2.86. The summed E-state index contributed by atoms with van der Waals surface area (Å²) in [4.78, 5) is 4.78. The molecule has 99 valence electrons. The number of aromatic nitrogens is 2. The molecule has 0 spiro atoms. The van der Waals surface area contributed by atoms with Crippen LogP contribution in [0.15, 0.2) is 60.7 Å². The van der Waals surface area contributed by atoms with E-state index in [2.05, 4.69) is 48.0 Å². The zero-order valence-corrected chi connectivity index (χ0v) is 11.7. The van der Waals surface area contributed by atoms with Crippen molar-refractivity contribution in [1.82, 2.24) is 9.55 Å². The van der Waals surface area contributed by atoms with Crippen LogP contribution in [0.3, 0.4) is 0 Å². The third kappa shape index (κ3) is 2.14. The fourth-order valence-electron chi connectivity index (χ4n) is 2.50. The van der Waals surface area contributed by atoms with Crippen LogP contribution >= 0.6 is 0 Å². The monoisotopic (exact) mass is 261 g/mol. The topological polar surface area (TPSA) is 17.8 Å². The van der Waals surface area contributed by atoms with Gasteiger partial charge in [-0.25, -0.2) is 4.98 Å². The SMILES string of the molecule is C[CH]c1nc(-c2ccccc2)c(-c2ccccc2)n1C. The molecule has 0 N–H and O–H groups in total. The van der Waals surface area contributed by atoms with E-state index < -0.39 is 0 Å². The summed E-state index contributed by atoms with van der Waals surface area (Å²) in [6, 6.07) is 20.8. The minimum atomic E-state index is 0.989. The number of nitrogens with zero attached hydrogens (tertiary/aromatic N) is 2. The van der Waals surface area contributed by atoms with Gasteiger partial charge in [-0.2, -0.15) is 0 Å². The van der Waals surface area contributed by atoms with E-state index in [1.807, 2.05) is 37.6 Å².